The Hall–Kier alpha value is -2.09. The number of unbranched alkanes of at least 4 members (excludes halogenated alkanes) is 2. The number of ether oxygens (including phenoxy) is 2. The smallest absolute Gasteiger partial charge is 0.336 e. The summed E-state index contributed by atoms with van der Waals surface area (Å²) in [5.41, 5.74) is 8.78. The first-order valence-electron chi connectivity index (χ1n) is 8.46. The third kappa shape index (κ3) is 6.04. The van der Waals surface area contributed by atoms with E-state index in [0.717, 1.165) is 19.3 Å². The lowest BCUT2D eigenvalue weighted by Gasteiger charge is -2.37. The van der Waals surface area contributed by atoms with Crippen molar-refractivity contribution in [3.8, 4) is 0 Å². The zero-order chi connectivity index (χ0) is 18.8. The molecule has 0 spiro atoms. The Bertz CT molecular complexity index is 545. The summed E-state index contributed by atoms with van der Waals surface area (Å²) >= 11 is 0. The van der Waals surface area contributed by atoms with E-state index >= 15 is 0 Å². The largest absolute Gasteiger partial charge is 0.463 e. The average Bonchev–Trinajstić information content (AvgIpc) is 2.56. The van der Waals surface area contributed by atoms with Gasteiger partial charge in [-0.1, -0.05) is 24.9 Å². The highest BCUT2D eigenvalue weighted by Crippen LogP contribution is 2.26. The van der Waals surface area contributed by atoms with Gasteiger partial charge in [0.25, 0.3) is 0 Å². The van der Waals surface area contributed by atoms with Crippen molar-refractivity contribution >= 4 is 11.9 Å². The highest BCUT2D eigenvalue weighted by molar-refractivity contribution is 5.90. The maximum absolute atomic E-state index is 12.1. The van der Waals surface area contributed by atoms with Crippen LogP contribution >= 0.6 is 0 Å². The third-order valence-electron chi connectivity index (χ3n) is 3.83. The topological polar surface area (TPSA) is 134 Å². The monoisotopic (exact) mass is 354 g/mol. The summed E-state index contributed by atoms with van der Waals surface area (Å²) in [5.74, 6) is -1.05. The van der Waals surface area contributed by atoms with E-state index in [-0.39, 0.29) is 18.1 Å². The van der Waals surface area contributed by atoms with Gasteiger partial charge in [-0.05, 0) is 25.0 Å². The lowest BCUT2D eigenvalue weighted by atomic mass is 9.85. The second kappa shape index (κ2) is 10.7. The SMILES string of the molecule is CCCCCOC1C=C(C(=O)OCC)C(O)C(N=[N+]=[N-])C1NC(C)=O. The zero-order valence-electron chi connectivity index (χ0n) is 14.8. The summed E-state index contributed by atoms with van der Waals surface area (Å²) in [7, 11) is 0. The maximum atomic E-state index is 12.1. The zero-order valence-corrected chi connectivity index (χ0v) is 14.8. The van der Waals surface area contributed by atoms with Gasteiger partial charge in [0.1, 0.15) is 0 Å². The molecule has 0 aromatic rings. The number of hydrogen-bond donors (Lipinski definition) is 2. The first kappa shape index (κ1) is 21.0. The van der Waals surface area contributed by atoms with Gasteiger partial charge >= 0.3 is 5.97 Å². The molecule has 0 saturated carbocycles. The van der Waals surface area contributed by atoms with Crippen molar-refractivity contribution in [3.63, 3.8) is 0 Å². The molecule has 0 radical (unpaired) electrons. The molecule has 9 heteroatoms. The molecule has 1 aliphatic rings. The number of hydrogen-bond acceptors (Lipinski definition) is 6. The standard InChI is InChI=1S/C16H26N4O5/c1-4-6-7-8-25-12-9-11(16(23)24-5-2)15(22)14(19-20-17)13(12)18-10(3)21/h9,12-15,22H,4-8H2,1-3H3,(H,18,21). The Morgan fingerprint density at radius 1 is 1.40 bits per heavy atom. The molecule has 1 rings (SSSR count). The van der Waals surface area contributed by atoms with Crippen LogP contribution in [0.15, 0.2) is 16.8 Å². The number of nitrogens with zero attached hydrogens (tertiary/aromatic N) is 3. The van der Waals surface area contributed by atoms with Gasteiger partial charge in [-0.3, -0.25) is 4.79 Å². The summed E-state index contributed by atoms with van der Waals surface area (Å²) in [6.45, 7) is 5.59. The van der Waals surface area contributed by atoms with Gasteiger partial charge in [0.05, 0.1) is 36.5 Å². The van der Waals surface area contributed by atoms with Crippen LogP contribution in [0.3, 0.4) is 0 Å². The van der Waals surface area contributed by atoms with Crippen molar-refractivity contribution in [3.05, 3.63) is 22.1 Å². The fraction of sp³-hybridized carbons (Fsp3) is 0.750. The number of aliphatic hydroxyl groups is 1. The molecule has 140 valence electrons. The van der Waals surface area contributed by atoms with Crippen LogP contribution in [0.5, 0.6) is 0 Å². The van der Waals surface area contributed by atoms with E-state index in [9.17, 15) is 14.7 Å². The molecular formula is C16H26N4O5. The molecule has 0 fully saturated rings. The number of aliphatic hydroxyl groups excluding tert-OH is 1. The first-order valence-corrected chi connectivity index (χ1v) is 8.46. The number of amides is 1. The molecule has 4 atom stereocenters. The highest BCUT2D eigenvalue weighted by atomic mass is 16.5. The van der Waals surface area contributed by atoms with Crippen molar-refractivity contribution in [2.75, 3.05) is 13.2 Å². The first-order chi connectivity index (χ1) is 12.0. The predicted molar refractivity (Wildman–Crippen MR) is 90.5 cm³/mol. The number of carbonyl (C=O) groups is 2. The quantitative estimate of drug-likeness (QED) is 0.213. The second-order valence-corrected chi connectivity index (χ2v) is 5.75. The summed E-state index contributed by atoms with van der Waals surface area (Å²) in [5, 5.41) is 16.6. The van der Waals surface area contributed by atoms with Gasteiger partial charge < -0.3 is 19.9 Å². The van der Waals surface area contributed by atoms with E-state index in [4.69, 9.17) is 15.0 Å². The lowest BCUT2D eigenvalue weighted by molar-refractivity contribution is -0.140. The Kier molecular flexibility index (Phi) is 8.98. The Balaban J connectivity index is 3.13. The number of azide groups is 1. The Morgan fingerprint density at radius 3 is 2.68 bits per heavy atom. The van der Waals surface area contributed by atoms with Crippen LogP contribution in [0, 0.1) is 0 Å². The number of esters is 1. The van der Waals surface area contributed by atoms with Crippen molar-refractivity contribution in [1.82, 2.24) is 5.32 Å². The van der Waals surface area contributed by atoms with Crippen LogP contribution in [0.1, 0.15) is 40.0 Å². The molecule has 1 amide bonds. The average molecular weight is 354 g/mol. The molecule has 0 heterocycles. The molecule has 4 unspecified atom stereocenters. The molecule has 0 saturated heterocycles. The fourth-order valence-corrected chi connectivity index (χ4v) is 2.68. The number of carbonyl (C=O) groups excluding carboxylic acids is 2. The minimum absolute atomic E-state index is 0.0265. The highest BCUT2D eigenvalue weighted by Gasteiger charge is 2.42. The Morgan fingerprint density at radius 2 is 2.12 bits per heavy atom. The molecule has 25 heavy (non-hydrogen) atoms. The van der Waals surface area contributed by atoms with Crippen molar-refractivity contribution in [2.45, 2.75) is 64.3 Å². The molecule has 0 aromatic heterocycles. The molecule has 0 aromatic carbocycles. The van der Waals surface area contributed by atoms with Crippen LogP contribution in [-0.2, 0) is 19.1 Å². The maximum Gasteiger partial charge on any atom is 0.336 e. The Labute approximate surface area is 147 Å². The van der Waals surface area contributed by atoms with E-state index in [0.29, 0.717) is 6.61 Å². The third-order valence-corrected chi connectivity index (χ3v) is 3.83. The minimum atomic E-state index is -1.39. The summed E-state index contributed by atoms with van der Waals surface area (Å²) < 4.78 is 10.7. The van der Waals surface area contributed by atoms with Crippen LogP contribution in [0.25, 0.3) is 10.4 Å². The van der Waals surface area contributed by atoms with Crippen LogP contribution < -0.4 is 5.32 Å². The summed E-state index contributed by atoms with van der Waals surface area (Å²) in [6, 6.07) is -1.85. The molecule has 9 nitrogen and oxygen atoms in total. The van der Waals surface area contributed by atoms with Crippen molar-refractivity contribution < 1.29 is 24.2 Å². The molecule has 0 aliphatic heterocycles. The lowest BCUT2D eigenvalue weighted by Crippen LogP contribution is -2.57. The van der Waals surface area contributed by atoms with E-state index in [2.05, 4.69) is 22.3 Å². The van der Waals surface area contributed by atoms with Crippen LogP contribution in [0.2, 0.25) is 0 Å². The van der Waals surface area contributed by atoms with Gasteiger partial charge in [0, 0.05) is 18.4 Å². The van der Waals surface area contributed by atoms with Gasteiger partial charge in [-0.15, -0.1) is 0 Å². The minimum Gasteiger partial charge on any atom is -0.463 e. The van der Waals surface area contributed by atoms with Gasteiger partial charge in [0.2, 0.25) is 5.91 Å². The van der Waals surface area contributed by atoms with Gasteiger partial charge in [0.15, 0.2) is 0 Å². The van der Waals surface area contributed by atoms with Gasteiger partial charge in [-0.25, -0.2) is 4.79 Å². The van der Waals surface area contributed by atoms with Crippen molar-refractivity contribution in [1.29, 1.82) is 0 Å². The summed E-state index contributed by atoms with van der Waals surface area (Å²) in [4.78, 5) is 26.3. The van der Waals surface area contributed by atoms with Crippen LogP contribution in [-0.4, -0.2) is 54.5 Å². The second-order valence-electron chi connectivity index (χ2n) is 5.75. The predicted octanol–water partition coefficient (Wildman–Crippen LogP) is 1.61. The van der Waals surface area contributed by atoms with E-state index in [1.54, 1.807) is 6.92 Å². The van der Waals surface area contributed by atoms with Crippen LogP contribution in [0.4, 0.5) is 0 Å². The number of nitrogens with one attached hydrogen (secondary N) is 1. The van der Waals surface area contributed by atoms with E-state index < -0.39 is 30.3 Å². The van der Waals surface area contributed by atoms with Crippen molar-refractivity contribution in [2.24, 2.45) is 5.11 Å². The fourth-order valence-electron chi connectivity index (χ4n) is 2.68. The van der Waals surface area contributed by atoms with E-state index in [1.165, 1.54) is 13.0 Å². The molecular weight excluding hydrogens is 328 g/mol. The molecule has 2 N–H and O–H groups in total. The normalized spacial score (nSPS) is 25.5. The molecule has 0 bridgehead atoms. The summed E-state index contributed by atoms with van der Waals surface area (Å²) in [6.07, 6.45) is 2.17. The molecule has 1 aliphatic carbocycles. The van der Waals surface area contributed by atoms with E-state index in [1.807, 2.05) is 0 Å². The number of rotatable bonds is 9. The van der Waals surface area contributed by atoms with Gasteiger partial charge in [-0.2, -0.15) is 0 Å².